The third-order valence-corrected chi connectivity index (χ3v) is 3.75. The summed E-state index contributed by atoms with van der Waals surface area (Å²) in [5.41, 5.74) is 0.916. The number of halogens is 1. The van der Waals surface area contributed by atoms with Crippen LogP contribution in [0.2, 0.25) is 5.02 Å². The smallest absolute Gasteiger partial charge is 0.224 e. The van der Waals surface area contributed by atoms with Crippen molar-refractivity contribution < 1.29 is 9.53 Å². The van der Waals surface area contributed by atoms with E-state index in [1.165, 1.54) is 0 Å². The summed E-state index contributed by atoms with van der Waals surface area (Å²) in [7, 11) is 0. The summed E-state index contributed by atoms with van der Waals surface area (Å²) in [6, 6.07) is 7.22. The molecule has 1 aliphatic heterocycles. The summed E-state index contributed by atoms with van der Waals surface area (Å²) in [6.45, 7) is 1.08. The summed E-state index contributed by atoms with van der Waals surface area (Å²) in [4.78, 5) is 16.3. The number of aromatic amines is 1. The molecule has 6 nitrogen and oxygen atoms in total. The first-order valence-corrected chi connectivity index (χ1v) is 7.62. The third-order valence-electron chi connectivity index (χ3n) is 3.50. The molecule has 1 fully saturated rings. The molecule has 2 N–H and O–H groups in total. The molecule has 1 aromatic heterocycles. The predicted molar refractivity (Wildman–Crippen MR) is 81.3 cm³/mol. The number of carbonyl (C=O) groups is 1. The number of nitrogens with one attached hydrogen (secondary N) is 2. The van der Waals surface area contributed by atoms with Gasteiger partial charge in [-0.1, -0.05) is 23.7 Å². The molecule has 2 aromatic rings. The zero-order chi connectivity index (χ0) is 15.4. The first-order valence-electron chi connectivity index (χ1n) is 7.24. The molecule has 0 spiro atoms. The van der Waals surface area contributed by atoms with E-state index in [0.29, 0.717) is 29.6 Å². The van der Waals surface area contributed by atoms with E-state index in [9.17, 15) is 4.79 Å². The lowest BCUT2D eigenvalue weighted by atomic mass is 10.1. The summed E-state index contributed by atoms with van der Waals surface area (Å²) in [5.74, 6) is 1.23. The zero-order valence-corrected chi connectivity index (χ0v) is 12.8. The molecule has 0 saturated carbocycles. The van der Waals surface area contributed by atoms with Crippen LogP contribution in [0, 0.1) is 0 Å². The monoisotopic (exact) mass is 320 g/mol. The van der Waals surface area contributed by atoms with Crippen molar-refractivity contribution in [3.63, 3.8) is 0 Å². The van der Waals surface area contributed by atoms with Crippen molar-refractivity contribution in [1.29, 1.82) is 0 Å². The molecule has 1 amide bonds. The lowest BCUT2D eigenvalue weighted by molar-refractivity contribution is -0.120. The maximum atomic E-state index is 11.9. The fraction of sp³-hybridized carbons (Fsp3) is 0.400. The standard InChI is InChI=1S/C15H17ClN4O2/c16-11-5-3-10(4-6-11)8-14(21)17-9-13-18-15(20-19-13)12-2-1-7-22-12/h3-6,12H,1-2,7-9H2,(H,17,21)(H,18,19,20). The molecule has 116 valence electrons. The van der Waals surface area contributed by atoms with Crippen LogP contribution in [0.1, 0.15) is 36.2 Å². The van der Waals surface area contributed by atoms with Crippen LogP contribution in [0.25, 0.3) is 0 Å². The number of rotatable bonds is 5. The van der Waals surface area contributed by atoms with E-state index in [1.54, 1.807) is 12.1 Å². The van der Waals surface area contributed by atoms with Gasteiger partial charge in [-0.2, -0.15) is 5.10 Å². The molecule has 1 atom stereocenters. The molecule has 0 aliphatic carbocycles. The Morgan fingerprint density at radius 3 is 2.95 bits per heavy atom. The lowest BCUT2D eigenvalue weighted by Gasteiger charge is -2.04. The Balaban J connectivity index is 1.49. The van der Waals surface area contributed by atoms with Gasteiger partial charge < -0.3 is 10.1 Å². The van der Waals surface area contributed by atoms with Crippen molar-refractivity contribution >= 4 is 17.5 Å². The zero-order valence-electron chi connectivity index (χ0n) is 12.0. The van der Waals surface area contributed by atoms with E-state index >= 15 is 0 Å². The molecule has 2 heterocycles. The molecular weight excluding hydrogens is 304 g/mol. The third kappa shape index (κ3) is 3.84. The molecule has 1 aliphatic rings. The first kappa shape index (κ1) is 15.0. The van der Waals surface area contributed by atoms with Crippen LogP contribution in [0.4, 0.5) is 0 Å². The topological polar surface area (TPSA) is 79.9 Å². The van der Waals surface area contributed by atoms with Gasteiger partial charge in [-0.25, -0.2) is 4.98 Å². The molecule has 1 unspecified atom stereocenters. The fourth-order valence-electron chi connectivity index (χ4n) is 2.35. The van der Waals surface area contributed by atoms with Gasteiger partial charge in [-0.05, 0) is 30.5 Å². The van der Waals surface area contributed by atoms with Gasteiger partial charge in [-0.3, -0.25) is 9.89 Å². The Hall–Kier alpha value is -1.92. The van der Waals surface area contributed by atoms with Gasteiger partial charge in [-0.15, -0.1) is 0 Å². The number of nitrogens with zero attached hydrogens (tertiary/aromatic N) is 2. The highest BCUT2D eigenvalue weighted by Gasteiger charge is 2.21. The number of amides is 1. The number of ether oxygens (including phenoxy) is 1. The van der Waals surface area contributed by atoms with Gasteiger partial charge in [0.15, 0.2) is 5.82 Å². The van der Waals surface area contributed by atoms with Crippen LogP contribution in [0.5, 0.6) is 0 Å². The SMILES string of the molecule is O=C(Cc1ccc(Cl)cc1)NCc1nc(C2CCCO2)n[nH]1. The highest BCUT2D eigenvalue weighted by Crippen LogP contribution is 2.25. The lowest BCUT2D eigenvalue weighted by Crippen LogP contribution is -2.25. The molecule has 3 rings (SSSR count). The highest BCUT2D eigenvalue weighted by molar-refractivity contribution is 6.30. The van der Waals surface area contributed by atoms with Gasteiger partial charge in [0.05, 0.1) is 13.0 Å². The van der Waals surface area contributed by atoms with E-state index in [-0.39, 0.29) is 12.0 Å². The van der Waals surface area contributed by atoms with Gasteiger partial charge in [0.25, 0.3) is 0 Å². The number of H-pyrrole nitrogens is 1. The second kappa shape index (κ2) is 6.89. The summed E-state index contributed by atoms with van der Waals surface area (Å²) in [5, 5.41) is 10.5. The van der Waals surface area contributed by atoms with Crippen molar-refractivity contribution in [1.82, 2.24) is 20.5 Å². The summed E-state index contributed by atoms with van der Waals surface area (Å²) >= 11 is 5.82. The average Bonchev–Trinajstić information content (AvgIpc) is 3.18. The normalized spacial score (nSPS) is 17.6. The largest absolute Gasteiger partial charge is 0.370 e. The maximum absolute atomic E-state index is 11.9. The van der Waals surface area contributed by atoms with Crippen molar-refractivity contribution in [3.05, 3.63) is 46.5 Å². The Kier molecular flexibility index (Phi) is 4.70. The van der Waals surface area contributed by atoms with E-state index in [2.05, 4.69) is 20.5 Å². The number of aromatic nitrogens is 3. The van der Waals surface area contributed by atoms with Crippen molar-refractivity contribution in [2.75, 3.05) is 6.61 Å². The van der Waals surface area contributed by atoms with Crippen molar-refractivity contribution in [2.24, 2.45) is 0 Å². The highest BCUT2D eigenvalue weighted by atomic mass is 35.5. The average molecular weight is 321 g/mol. The number of benzene rings is 1. The molecule has 1 aromatic carbocycles. The quantitative estimate of drug-likeness (QED) is 0.884. The molecule has 0 radical (unpaired) electrons. The minimum absolute atomic E-state index is 0.0187. The number of hydrogen-bond donors (Lipinski definition) is 2. The Morgan fingerprint density at radius 2 is 2.23 bits per heavy atom. The van der Waals surface area contributed by atoms with Crippen LogP contribution in [-0.2, 0) is 22.5 Å². The van der Waals surface area contributed by atoms with Gasteiger partial charge in [0.2, 0.25) is 5.91 Å². The van der Waals surface area contributed by atoms with E-state index in [0.717, 1.165) is 25.0 Å². The maximum Gasteiger partial charge on any atom is 0.224 e. The van der Waals surface area contributed by atoms with Gasteiger partial charge in [0, 0.05) is 11.6 Å². The minimum atomic E-state index is -0.0719. The summed E-state index contributed by atoms with van der Waals surface area (Å²) in [6.07, 6.45) is 2.27. The van der Waals surface area contributed by atoms with E-state index < -0.39 is 0 Å². The molecule has 0 bridgehead atoms. The molecule has 22 heavy (non-hydrogen) atoms. The van der Waals surface area contributed by atoms with Gasteiger partial charge in [0.1, 0.15) is 11.9 Å². The predicted octanol–water partition coefficient (Wildman–Crippen LogP) is 2.17. The Bertz CT molecular complexity index is 635. The van der Waals surface area contributed by atoms with Crippen LogP contribution in [0.3, 0.4) is 0 Å². The van der Waals surface area contributed by atoms with Crippen LogP contribution >= 0.6 is 11.6 Å². The minimum Gasteiger partial charge on any atom is -0.370 e. The molecular formula is C15H17ClN4O2. The number of carbonyl (C=O) groups excluding carboxylic acids is 1. The van der Waals surface area contributed by atoms with Gasteiger partial charge >= 0.3 is 0 Å². The van der Waals surface area contributed by atoms with Crippen molar-refractivity contribution in [2.45, 2.75) is 31.9 Å². The molecule has 7 heteroatoms. The molecule has 1 saturated heterocycles. The summed E-state index contributed by atoms with van der Waals surface area (Å²) < 4.78 is 5.52. The fourth-order valence-corrected chi connectivity index (χ4v) is 2.47. The van der Waals surface area contributed by atoms with Crippen LogP contribution < -0.4 is 5.32 Å². The van der Waals surface area contributed by atoms with Crippen LogP contribution in [-0.4, -0.2) is 27.7 Å². The second-order valence-electron chi connectivity index (χ2n) is 5.22. The Morgan fingerprint density at radius 1 is 1.41 bits per heavy atom. The number of hydrogen-bond acceptors (Lipinski definition) is 4. The second-order valence-corrected chi connectivity index (χ2v) is 5.66. The van der Waals surface area contributed by atoms with Crippen molar-refractivity contribution in [3.8, 4) is 0 Å². The van der Waals surface area contributed by atoms with Crippen LogP contribution in [0.15, 0.2) is 24.3 Å². The first-order chi connectivity index (χ1) is 10.7. The van der Waals surface area contributed by atoms with E-state index in [1.807, 2.05) is 12.1 Å². The Labute approximate surface area is 133 Å². The van der Waals surface area contributed by atoms with E-state index in [4.69, 9.17) is 16.3 Å².